The molecule has 160 valence electrons. The maximum Gasteiger partial charge on any atom is 0.241 e. The Labute approximate surface area is 182 Å². The van der Waals surface area contributed by atoms with E-state index in [9.17, 15) is 4.79 Å². The van der Waals surface area contributed by atoms with E-state index in [4.69, 9.17) is 4.52 Å². The molecule has 1 aromatic heterocycles. The molecule has 3 heterocycles. The van der Waals surface area contributed by atoms with E-state index < -0.39 is 0 Å². The van der Waals surface area contributed by atoms with Gasteiger partial charge in [0.1, 0.15) is 0 Å². The van der Waals surface area contributed by atoms with E-state index in [1.54, 1.807) is 0 Å². The lowest BCUT2D eigenvalue weighted by Gasteiger charge is -2.34. The van der Waals surface area contributed by atoms with Crippen LogP contribution in [0.25, 0.3) is 11.4 Å². The molecule has 0 radical (unpaired) electrons. The monoisotopic (exact) mass is 416 g/mol. The standard InChI is InChI=1S/C25H28N4O2/c1-17-8-3-5-11-21(17)24-26-23(31-27-24)16-28-13-7-10-20(15-28)25(30)29-18(2)14-19-9-4-6-12-22(19)29/h3-6,8-9,11-12,18,20H,7,10,13-16H2,1-2H3. The van der Waals surface area contributed by atoms with Gasteiger partial charge in [-0.15, -0.1) is 0 Å². The molecule has 0 aliphatic carbocycles. The van der Waals surface area contributed by atoms with Crippen LogP contribution in [-0.2, 0) is 17.8 Å². The molecular formula is C25H28N4O2. The molecule has 0 spiro atoms. The molecule has 2 aliphatic rings. The number of hydrogen-bond donors (Lipinski definition) is 0. The van der Waals surface area contributed by atoms with Crippen molar-refractivity contribution in [3.05, 3.63) is 65.5 Å². The molecule has 0 N–H and O–H groups in total. The summed E-state index contributed by atoms with van der Waals surface area (Å²) in [6.45, 7) is 6.44. The summed E-state index contributed by atoms with van der Waals surface area (Å²) in [5.74, 6) is 1.47. The number of rotatable bonds is 4. The van der Waals surface area contributed by atoms with Crippen LogP contribution in [0.2, 0.25) is 0 Å². The fourth-order valence-electron chi connectivity index (χ4n) is 4.94. The van der Waals surface area contributed by atoms with E-state index in [-0.39, 0.29) is 17.9 Å². The number of amides is 1. The van der Waals surface area contributed by atoms with Crippen molar-refractivity contribution in [3.8, 4) is 11.4 Å². The van der Waals surface area contributed by atoms with Crippen molar-refractivity contribution in [1.82, 2.24) is 15.0 Å². The Morgan fingerprint density at radius 1 is 1.16 bits per heavy atom. The minimum absolute atomic E-state index is 0.00103. The summed E-state index contributed by atoms with van der Waals surface area (Å²) in [5.41, 5.74) is 4.46. The van der Waals surface area contributed by atoms with Crippen LogP contribution >= 0.6 is 0 Å². The van der Waals surface area contributed by atoms with Gasteiger partial charge in [-0.3, -0.25) is 9.69 Å². The third-order valence-electron chi connectivity index (χ3n) is 6.51. The van der Waals surface area contributed by atoms with Crippen LogP contribution in [0.1, 0.15) is 36.8 Å². The number of para-hydroxylation sites is 1. The van der Waals surface area contributed by atoms with Gasteiger partial charge in [0.2, 0.25) is 17.6 Å². The molecule has 3 aromatic rings. The van der Waals surface area contributed by atoms with Crippen LogP contribution in [0, 0.1) is 12.8 Å². The molecular weight excluding hydrogens is 388 g/mol. The molecule has 1 fully saturated rings. The van der Waals surface area contributed by atoms with Crippen molar-refractivity contribution in [1.29, 1.82) is 0 Å². The topological polar surface area (TPSA) is 62.5 Å². The van der Waals surface area contributed by atoms with Gasteiger partial charge >= 0.3 is 0 Å². The SMILES string of the molecule is Cc1ccccc1-c1noc(CN2CCCC(C(=O)N3c4ccccc4CC3C)C2)n1. The highest BCUT2D eigenvalue weighted by Crippen LogP contribution is 2.34. The normalized spacial score (nSPS) is 21.3. The van der Waals surface area contributed by atoms with Gasteiger partial charge < -0.3 is 9.42 Å². The number of hydrogen-bond acceptors (Lipinski definition) is 5. The number of anilines is 1. The molecule has 1 amide bonds. The van der Waals surface area contributed by atoms with Crippen LogP contribution in [0.5, 0.6) is 0 Å². The quantitative estimate of drug-likeness (QED) is 0.637. The zero-order chi connectivity index (χ0) is 21.4. The molecule has 6 heteroatoms. The molecule has 31 heavy (non-hydrogen) atoms. The minimum Gasteiger partial charge on any atom is -0.338 e. The number of aromatic nitrogens is 2. The summed E-state index contributed by atoms with van der Waals surface area (Å²) in [5, 5.41) is 4.18. The van der Waals surface area contributed by atoms with Crippen LogP contribution in [0.4, 0.5) is 5.69 Å². The van der Waals surface area contributed by atoms with Crippen LogP contribution < -0.4 is 4.90 Å². The molecule has 2 aliphatic heterocycles. The summed E-state index contributed by atoms with van der Waals surface area (Å²) in [4.78, 5) is 22.3. The Bertz CT molecular complexity index is 1090. The van der Waals surface area contributed by atoms with Crippen LogP contribution in [-0.4, -0.2) is 40.1 Å². The van der Waals surface area contributed by atoms with Gasteiger partial charge in [0.25, 0.3) is 0 Å². The third kappa shape index (κ3) is 3.88. The average Bonchev–Trinajstić information content (AvgIpc) is 3.37. The van der Waals surface area contributed by atoms with E-state index in [1.165, 1.54) is 5.56 Å². The second-order valence-electron chi connectivity index (χ2n) is 8.79. The summed E-state index contributed by atoms with van der Waals surface area (Å²) in [6, 6.07) is 16.5. The van der Waals surface area contributed by atoms with Gasteiger partial charge in [0.15, 0.2) is 0 Å². The Hall–Kier alpha value is -2.99. The van der Waals surface area contributed by atoms with E-state index >= 15 is 0 Å². The second-order valence-corrected chi connectivity index (χ2v) is 8.79. The Kier molecular flexibility index (Phi) is 5.32. The molecule has 1 saturated heterocycles. The molecule has 2 unspecified atom stereocenters. The first kappa shape index (κ1) is 19.9. The van der Waals surface area contributed by atoms with Gasteiger partial charge in [0, 0.05) is 23.8 Å². The van der Waals surface area contributed by atoms with Crippen LogP contribution in [0.15, 0.2) is 53.1 Å². The number of carbonyl (C=O) groups excluding carboxylic acids is 1. The highest BCUT2D eigenvalue weighted by atomic mass is 16.5. The first-order valence-corrected chi connectivity index (χ1v) is 11.1. The van der Waals surface area contributed by atoms with E-state index in [2.05, 4.69) is 40.2 Å². The zero-order valence-corrected chi connectivity index (χ0v) is 18.1. The van der Waals surface area contributed by atoms with Gasteiger partial charge in [0.05, 0.1) is 12.5 Å². The zero-order valence-electron chi connectivity index (χ0n) is 18.1. The highest BCUT2D eigenvalue weighted by Gasteiger charge is 2.36. The van der Waals surface area contributed by atoms with Crippen molar-refractivity contribution in [3.63, 3.8) is 0 Å². The second kappa shape index (κ2) is 8.27. The number of likely N-dealkylation sites (tertiary alicyclic amines) is 1. The van der Waals surface area contributed by atoms with Crippen molar-refractivity contribution < 1.29 is 9.32 Å². The smallest absolute Gasteiger partial charge is 0.241 e. The number of fused-ring (bicyclic) bond motifs is 1. The fraction of sp³-hybridized carbons (Fsp3) is 0.400. The summed E-state index contributed by atoms with van der Waals surface area (Å²) in [7, 11) is 0. The summed E-state index contributed by atoms with van der Waals surface area (Å²) >= 11 is 0. The molecule has 6 nitrogen and oxygen atoms in total. The van der Waals surface area contributed by atoms with Crippen molar-refractivity contribution in [2.75, 3.05) is 18.0 Å². The molecule has 2 aromatic carbocycles. The number of benzene rings is 2. The average molecular weight is 417 g/mol. The lowest BCUT2D eigenvalue weighted by molar-refractivity contribution is -0.124. The number of nitrogens with zero attached hydrogens (tertiary/aromatic N) is 4. The Morgan fingerprint density at radius 2 is 1.97 bits per heavy atom. The number of piperidine rings is 1. The van der Waals surface area contributed by atoms with Gasteiger partial charge in [-0.2, -0.15) is 4.98 Å². The predicted molar refractivity (Wildman–Crippen MR) is 120 cm³/mol. The molecule has 0 bridgehead atoms. The van der Waals surface area contributed by atoms with Gasteiger partial charge in [-0.05, 0) is 56.8 Å². The maximum absolute atomic E-state index is 13.4. The van der Waals surface area contributed by atoms with E-state index in [1.807, 2.05) is 42.2 Å². The van der Waals surface area contributed by atoms with Crippen molar-refractivity contribution in [2.45, 2.75) is 45.7 Å². The van der Waals surface area contributed by atoms with Gasteiger partial charge in [-0.1, -0.05) is 47.6 Å². The predicted octanol–water partition coefficient (Wildman–Crippen LogP) is 4.23. The lowest BCUT2D eigenvalue weighted by atomic mass is 9.96. The number of carbonyl (C=O) groups is 1. The van der Waals surface area contributed by atoms with Crippen molar-refractivity contribution >= 4 is 11.6 Å². The lowest BCUT2D eigenvalue weighted by Crippen LogP contribution is -2.46. The third-order valence-corrected chi connectivity index (χ3v) is 6.51. The molecule has 5 rings (SSSR count). The fourth-order valence-corrected chi connectivity index (χ4v) is 4.94. The van der Waals surface area contributed by atoms with Gasteiger partial charge in [-0.25, -0.2) is 0 Å². The Morgan fingerprint density at radius 3 is 2.84 bits per heavy atom. The largest absolute Gasteiger partial charge is 0.338 e. The van der Waals surface area contributed by atoms with Crippen LogP contribution in [0.3, 0.4) is 0 Å². The molecule has 2 atom stereocenters. The summed E-state index contributed by atoms with van der Waals surface area (Å²) in [6.07, 6.45) is 2.86. The van der Waals surface area contributed by atoms with E-state index in [0.29, 0.717) is 18.3 Å². The van der Waals surface area contributed by atoms with E-state index in [0.717, 1.165) is 49.2 Å². The minimum atomic E-state index is 0.00103. The Balaban J connectivity index is 1.27. The maximum atomic E-state index is 13.4. The molecule has 0 saturated carbocycles. The summed E-state index contributed by atoms with van der Waals surface area (Å²) < 4.78 is 5.54. The van der Waals surface area contributed by atoms with Crippen molar-refractivity contribution in [2.24, 2.45) is 5.92 Å². The number of aryl methyl sites for hydroxylation is 1. The first-order valence-electron chi connectivity index (χ1n) is 11.1. The first-order chi connectivity index (χ1) is 15.1. The highest BCUT2D eigenvalue weighted by molar-refractivity contribution is 5.97.